The molecule has 3 rings (SSSR count). The molecule has 0 aliphatic carbocycles. The topological polar surface area (TPSA) is 47.4 Å². The van der Waals surface area contributed by atoms with E-state index in [2.05, 4.69) is 53.9 Å². The van der Waals surface area contributed by atoms with Crippen LogP contribution in [0.2, 0.25) is 0 Å². The third kappa shape index (κ3) is 5.97. The first-order chi connectivity index (χ1) is 14.7. The molecule has 0 N–H and O–H groups in total. The first kappa shape index (κ1) is 23.1. The maximum absolute atomic E-state index is 12.9. The number of ether oxygens (including phenoxy) is 1. The van der Waals surface area contributed by atoms with Gasteiger partial charge in [0.2, 0.25) is 0 Å². The summed E-state index contributed by atoms with van der Waals surface area (Å²) in [5, 5.41) is 4.50. The van der Waals surface area contributed by atoms with Gasteiger partial charge < -0.3 is 9.64 Å². The fourth-order valence-corrected chi connectivity index (χ4v) is 3.68. The van der Waals surface area contributed by atoms with Gasteiger partial charge in [-0.05, 0) is 63.7 Å². The summed E-state index contributed by atoms with van der Waals surface area (Å²) in [6, 6.07) is 15.8. The van der Waals surface area contributed by atoms with E-state index in [1.165, 1.54) is 5.56 Å². The summed E-state index contributed by atoms with van der Waals surface area (Å²) >= 11 is 3.52. The molecule has 0 bridgehead atoms. The zero-order valence-electron chi connectivity index (χ0n) is 18.9. The van der Waals surface area contributed by atoms with E-state index in [1.807, 2.05) is 54.2 Å². The number of benzene rings is 2. The van der Waals surface area contributed by atoms with Crippen LogP contribution in [-0.2, 0) is 25.1 Å². The molecular weight excluding hydrogens is 454 g/mol. The van der Waals surface area contributed by atoms with Crippen LogP contribution in [0.5, 0.6) is 5.75 Å². The molecule has 0 aliphatic heterocycles. The predicted octanol–water partition coefficient (Wildman–Crippen LogP) is 5.81. The maximum Gasteiger partial charge on any atom is 0.253 e. The van der Waals surface area contributed by atoms with Crippen molar-refractivity contribution in [1.82, 2.24) is 14.7 Å². The Hall–Kier alpha value is -2.60. The number of amides is 1. The maximum atomic E-state index is 12.9. The molecule has 0 radical (unpaired) electrons. The van der Waals surface area contributed by atoms with Crippen LogP contribution in [0, 0.1) is 0 Å². The average molecular weight is 484 g/mol. The number of carbonyl (C=O) groups excluding carboxylic acids is 1. The number of nitrogens with zero attached hydrogens (tertiary/aromatic N) is 3. The van der Waals surface area contributed by atoms with Gasteiger partial charge in [0.15, 0.2) is 0 Å². The molecule has 164 valence electrons. The molecule has 0 fully saturated rings. The number of rotatable bonds is 7. The Balaban J connectivity index is 1.63. The lowest BCUT2D eigenvalue weighted by molar-refractivity contribution is 0.0782. The average Bonchev–Trinajstić information content (AvgIpc) is 3.11. The number of aryl methyl sites for hydroxylation is 1. The van der Waals surface area contributed by atoms with Gasteiger partial charge in [0.1, 0.15) is 12.4 Å². The first-order valence-electron chi connectivity index (χ1n) is 10.5. The van der Waals surface area contributed by atoms with Gasteiger partial charge >= 0.3 is 0 Å². The van der Waals surface area contributed by atoms with Crippen LogP contribution >= 0.6 is 15.9 Å². The van der Waals surface area contributed by atoms with Crippen LogP contribution in [-0.4, -0.2) is 27.6 Å². The second-order valence-corrected chi connectivity index (χ2v) is 9.56. The lowest BCUT2D eigenvalue weighted by Gasteiger charge is -2.19. The molecule has 0 unspecified atom stereocenters. The van der Waals surface area contributed by atoms with Gasteiger partial charge in [-0.2, -0.15) is 5.10 Å². The molecule has 0 saturated carbocycles. The van der Waals surface area contributed by atoms with Crippen molar-refractivity contribution in [2.75, 3.05) is 7.05 Å². The minimum absolute atomic E-state index is 0.0469. The van der Waals surface area contributed by atoms with Crippen molar-refractivity contribution < 1.29 is 9.53 Å². The minimum atomic E-state index is -0.0469. The molecule has 1 aromatic heterocycles. The van der Waals surface area contributed by atoms with Gasteiger partial charge in [0.25, 0.3) is 5.91 Å². The molecule has 31 heavy (non-hydrogen) atoms. The van der Waals surface area contributed by atoms with E-state index in [9.17, 15) is 4.79 Å². The lowest BCUT2D eigenvalue weighted by atomic mass is 9.87. The zero-order chi connectivity index (χ0) is 22.6. The van der Waals surface area contributed by atoms with Crippen molar-refractivity contribution >= 4 is 21.8 Å². The molecule has 1 heterocycles. The summed E-state index contributed by atoms with van der Waals surface area (Å²) in [6.07, 6.45) is 1.93. The van der Waals surface area contributed by atoms with Crippen LogP contribution in [0.3, 0.4) is 0 Å². The highest BCUT2D eigenvalue weighted by molar-refractivity contribution is 9.10. The molecule has 2 aromatic carbocycles. The van der Waals surface area contributed by atoms with Crippen LogP contribution in [0.1, 0.15) is 54.9 Å². The summed E-state index contributed by atoms with van der Waals surface area (Å²) in [5.74, 6) is 0.771. The number of hydrogen-bond acceptors (Lipinski definition) is 3. The standard InChI is InChI=1S/C25H30BrN3O2/c1-6-29-15-22(26)23(27-29)16-28(5)24(30)19-9-7-8-18(14-19)17-31-21-12-10-20(11-13-21)25(2,3)4/h7-15H,6,16-17H2,1-5H3. The van der Waals surface area contributed by atoms with E-state index < -0.39 is 0 Å². The Morgan fingerprint density at radius 1 is 1.16 bits per heavy atom. The molecule has 0 aliphatic rings. The molecule has 0 saturated heterocycles. The zero-order valence-corrected chi connectivity index (χ0v) is 20.4. The summed E-state index contributed by atoms with van der Waals surface area (Å²) in [6.45, 7) is 10.2. The molecule has 0 atom stereocenters. The lowest BCUT2D eigenvalue weighted by Crippen LogP contribution is -2.26. The van der Waals surface area contributed by atoms with E-state index in [1.54, 1.807) is 11.9 Å². The van der Waals surface area contributed by atoms with Gasteiger partial charge in [-0.25, -0.2) is 0 Å². The molecule has 5 nitrogen and oxygen atoms in total. The summed E-state index contributed by atoms with van der Waals surface area (Å²) < 4.78 is 8.70. The van der Waals surface area contributed by atoms with Crippen molar-refractivity contribution in [3.63, 3.8) is 0 Å². The van der Waals surface area contributed by atoms with E-state index in [0.717, 1.165) is 28.0 Å². The SMILES string of the molecule is CCn1cc(Br)c(CN(C)C(=O)c2cccc(COc3ccc(C(C)(C)C)cc3)c2)n1. The van der Waals surface area contributed by atoms with E-state index in [0.29, 0.717) is 18.7 Å². The van der Waals surface area contributed by atoms with Crippen LogP contribution < -0.4 is 4.74 Å². The highest BCUT2D eigenvalue weighted by atomic mass is 79.9. The van der Waals surface area contributed by atoms with Crippen molar-refractivity contribution in [3.05, 3.63) is 81.6 Å². The first-order valence-corrected chi connectivity index (χ1v) is 11.3. The minimum Gasteiger partial charge on any atom is -0.489 e. The Labute approximate surface area is 193 Å². The van der Waals surface area contributed by atoms with Crippen molar-refractivity contribution in [1.29, 1.82) is 0 Å². The van der Waals surface area contributed by atoms with Crippen molar-refractivity contribution in [3.8, 4) is 5.75 Å². The van der Waals surface area contributed by atoms with E-state index in [4.69, 9.17) is 4.74 Å². The van der Waals surface area contributed by atoms with Crippen LogP contribution in [0.15, 0.2) is 59.2 Å². The fraction of sp³-hybridized carbons (Fsp3) is 0.360. The summed E-state index contributed by atoms with van der Waals surface area (Å²) in [7, 11) is 1.79. The number of aromatic nitrogens is 2. The third-order valence-corrected chi connectivity index (χ3v) is 5.81. The van der Waals surface area contributed by atoms with Gasteiger partial charge in [-0.15, -0.1) is 0 Å². The van der Waals surface area contributed by atoms with Gasteiger partial charge in [-0.1, -0.05) is 45.0 Å². The monoisotopic (exact) mass is 483 g/mol. The van der Waals surface area contributed by atoms with Gasteiger partial charge in [-0.3, -0.25) is 9.48 Å². The largest absolute Gasteiger partial charge is 0.489 e. The summed E-state index contributed by atoms with van der Waals surface area (Å²) in [4.78, 5) is 14.6. The Bertz CT molecular complexity index is 1040. The van der Waals surface area contributed by atoms with Crippen LogP contribution in [0.4, 0.5) is 0 Å². The second kappa shape index (κ2) is 9.69. The highest BCUT2D eigenvalue weighted by Gasteiger charge is 2.16. The molecule has 0 spiro atoms. The highest BCUT2D eigenvalue weighted by Crippen LogP contribution is 2.25. The smallest absolute Gasteiger partial charge is 0.253 e. The molecule has 6 heteroatoms. The Kier molecular flexibility index (Phi) is 7.21. The van der Waals surface area contributed by atoms with Gasteiger partial charge in [0.05, 0.1) is 16.7 Å². The van der Waals surface area contributed by atoms with Crippen molar-refractivity contribution in [2.45, 2.75) is 52.8 Å². The van der Waals surface area contributed by atoms with Crippen LogP contribution in [0.25, 0.3) is 0 Å². The number of carbonyl (C=O) groups is 1. The molecule has 3 aromatic rings. The second-order valence-electron chi connectivity index (χ2n) is 8.70. The summed E-state index contributed by atoms with van der Waals surface area (Å²) in [5.41, 5.74) is 3.82. The van der Waals surface area contributed by atoms with Gasteiger partial charge in [0, 0.05) is 25.4 Å². The quantitative estimate of drug-likeness (QED) is 0.425. The van der Waals surface area contributed by atoms with E-state index in [-0.39, 0.29) is 11.3 Å². The Morgan fingerprint density at radius 3 is 2.48 bits per heavy atom. The Morgan fingerprint density at radius 2 is 1.87 bits per heavy atom. The predicted molar refractivity (Wildman–Crippen MR) is 127 cm³/mol. The number of hydrogen-bond donors (Lipinski definition) is 0. The third-order valence-electron chi connectivity index (χ3n) is 5.14. The molecular formula is C25H30BrN3O2. The fourth-order valence-electron chi connectivity index (χ4n) is 3.23. The van der Waals surface area contributed by atoms with E-state index >= 15 is 0 Å². The number of halogens is 1. The normalized spacial score (nSPS) is 11.4. The molecule has 1 amide bonds. The van der Waals surface area contributed by atoms with Crippen molar-refractivity contribution in [2.24, 2.45) is 0 Å².